The number of nitrogens with one attached hydrogen (secondary N) is 1. The lowest BCUT2D eigenvalue weighted by Gasteiger charge is -2.14. The SMILES string of the molecule is O=c1c(Cl)c(NCCC2=CCOCC2)cnn1-c1ccc(C(F)(F)F)cn1. The maximum absolute atomic E-state index is 12.6. The molecule has 2 aromatic rings. The molecule has 27 heavy (non-hydrogen) atoms. The van der Waals surface area contributed by atoms with Crippen molar-refractivity contribution < 1.29 is 17.9 Å². The smallest absolute Gasteiger partial charge is 0.382 e. The van der Waals surface area contributed by atoms with Gasteiger partial charge >= 0.3 is 6.18 Å². The maximum Gasteiger partial charge on any atom is 0.417 e. The van der Waals surface area contributed by atoms with Gasteiger partial charge in [-0.05, 0) is 25.0 Å². The predicted molar refractivity (Wildman–Crippen MR) is 94.3 cm³/mol. The molecule has 1 N–H and O–H groups in total. The minimum absolute atomic E-state index is 0.0474. The minimum atomic E-state index is -4.50. The normalized spacial score (nSPS) is 14.7. The monoisotopic (exact) mass is 400 g/mol. The summed E-state index contributed by atoms with van der Waals surface area (Å²) in [5.41, 5.74) is 0.0444. The average Bonchev–Trinajstić information content (AvgIpc) is 2.66. The van der Waals surface area contributed by atoms with E-state index in [0.717, 1.165) is 29.7 Å². The van der Waals surface area contributed by atoms with Crippen molar-refractivity contribution in [3.63, 3.8) is 0 Å². The van der Waals surface area contributed by atoms with Crippen molar-refractivity contribution in [3.8, 4) is 5.82 Å². The molecule has 0 saturated heterocycles. The molecule has 3 heterocycles. The molecule has 144 valence electrons. The van der Waals surface area contributed by atoms with Crippen molar-refractivity contribution in [2.24, 2.45) is 0 Å². The van der Waals surface area contributed by atoms with Gasteiger partial charge in [-0.3, -0.25) is 4.79 Å². The summed E-state index contributed by atoms with van der Waals surface area (Å²) in [5, 5.41) is 6.89. The Morgan fingerprint density at radius 2 is 2.11 bits per heavy atom. The molecule has 6 nitrogen and oxygen atoms in total. The van der Waals surface area contributed by atoms with Crippen molar-refractivity contribution >= 4 is 17.3 Å². The molecular weight excluding hydrogens is 385 g/mol. The number of pyridine rings is 1. The molecule has 0 atom stereocenters. The van der Waals surface area contributed by atoms with E-state index in [2.05, 4.69) is 15.4 Å². The van der Waals surface area contributed by atoms with Gasteiger partial charge in [0.2, 0.25) is 0 Å². The molecule has 0 spiro atoms. The van der Waals surface area contributed by atoms with Crippen LogP contribution in [-0.2, 0) is 10.9 Å². The zero-order chi connectivity index (χ0) is 19.4. The first kappa shape index (κ1) is 19.4. The highest BCUT2D eigenvalue weighted by Gasteiger charge is 2.30. The van der Waals surface area contributed by atoms with Gasteiger partial charge in [-0.1, -0.05) is 23.3 Å². The van der Waals surface area contributed by atoms with E-state index in [-0.39, 0.29) is 10.8 Å². The Balaban J connectivity index is 1.73. The highest BCUT2D eigenvalue weighted by atomic mass is 35.5. The number of hydrogen-bond acceptors (Lipinski definition) is 5. The Labute approximate surface area is 157 Å². The van der Waals surface area contributed by atoms with Crippen LogP contribution < -0.4 is 10.9 Å². The topological polar surface area (TPSA) is 69.0 Å². The van der Waals surface area contributed by atoms with Gasteiger partial charge in [0.05, 0.1) is 30.7 Å². The first-order valence-electron chi connectivity index (χ1n) is 8.17. The molecule has 0 bridgehead atoms. The lowest BCUT2D eigenvalue weighted by atomic mass is 10.1. The summed E-state index contributed by atoms with van der Waals surface area (Å²) in [5.74, 6) is -0.0474. The molecular formula is C17H16ClF3N4O2. The molecule has 1 aliphatic rings. The first-order chi connectivity index (χ1) is 12.9. The Bertz CT molecular complexity index is 895. The Kier molecular flexibility index (Phi) is 5.81. The fraction of sp³-hybridized carbons (Fsp3) is 0.353. The molecule has 0 aromatic carbocycles. The molecule has 2 aromatic heterocycles. The van der Waals surface area contributed by atoms with Crippen LogP contribution in [0, 0.1) is 0 Å². The van der Waals surface area contributed by atoms with Gasteiger partial charge in [-0.25, -0.2) is 4.98 Å². The highest BCUT2D eigenvalue weighted by molar-refractivity contribution is 6.32. The van der Waals surface area contributed by atoms with Crippen LogP contribution in [-0.4, -0.2) is 34.5 Å². The lowest BCUT2D eigenvalue weighted by Crippen LogP contribution is -2.24. The number of ether oxygens (including phenoxy) is 1. The number of anilines is 1. The van der Waals surface area contributed by atoms with E-state index < -0.39 is 17.3 Å². The van der Waals surface area contributed by atoms with Crippen LogP contribution in [0.5, 0.6) is 0 Å². The van der Waals surface area contributed by atoms with E-state index >= 15 is 0 Å². The van der Waals surface area contributed by atoms with E-state index in [4.69, 9.17) is 16.3 Å². The van der Waals surface area contributed by atoms with Crippen LogP contribution in [0.3, 0.4) is 0 Å². The van der Waals surface area contributed by atoms with E-state index in [1.165, 1.54) is 11.8 Å². The van der Waals surface area contributed by atoms with Crippen LogP contribution in [0.4, 0.5) is 18.9 Å². The van der Waals surface area contributed by atoms with Gasteiger partial charge in [0, 0.05) is 12.7 Å². The van der Waals surface area contributed by atoms with Crippen LogP contribution in [0.1, 0.15) is 18.4 Å². The number of nitrogens with zero attached hydrogens (tertiary/aromatic N) is 3. The van der Waals surface area contributed by atoms with Crippen molar-refractivity contribution in [2.75, 3.05) is 25.1 Å². The second-order valence-corrected chi connectivity index (χ2v) is 6.23. The van der Waals surface area contributed by atoms with Gasteiger partial charge in [0.25, 0.3) is 5.56 Å². The standard InChI is InChI=1S/C17H16ClF3N4O2/c18-15-13(22-6-3-11-4-7-27-8-5-11)10-24-25(16(15)26)14-2-1-12(9-23-14)17(19,20)21/h1-2,4,9-10,22H,3,5-8H2. The molecule has 3 rings (SSSR count). The van der Waals surface area contributed by atoms with Gasteiger partial charge in [0.1, 0.15) is 5.02 Å². The maximum atomic E-state index is 12.6. The molecule has 0 amide bonds. The average molecular weight is 401 g/mol. The molecule has 0 radical (unpaired) electrons. The van der Waals surface area contributed by atoms with Crippen molar-refractivity contribution in [2.45, 2.75) is 19.0 Å². The summed E-state index contributed by atoms with van der Waals surface area (Å²) >= 11 is 6.10. The molecule has 10 heteroatoms. The predicted octanol–water partition coefficient (Wildman–Crippen LogP) is 3.45. The summed E-state index contributed by atoms with van der Waals surface area (Å²) in [6.07, 6.45) is 1.17. The van der Waals surface area contributed by atoms with Crippen LogP contribution >= 0.6 is 11.6 Å². The van der Waals surface area contributed by atoms with E-state index in [0.29, 0.717) is 31.6 Å². The van der Waals surface area contributed by atoms with Crippen molar-refractivity contribution in [1.82, 2.24) is 14.8 Å². The quantitative estimate of drug-likeness (QED) is 0.778. The molecule has 0 aliphatic carbocycles. The second-order valence-electron chi connectivity index (χ2n) is 5.86. The summed E-state index contributed by atoms with van der Waals surface area (Å²) in [6.45, 7) is 1.87. The molecule has 0 unspecified atom stereocenters. The third-order valence-corrected chi connectivity index (χ3v) is 4.40. The van der Waals surface area contributed by atoms with Gasteiger partial charge in [0.15, 0.2) is 5.82 Å². The van der Waals surface area contributed by atoms with Gasteiger partial charge in [-0.2, -0.15) is 23.0 Å². The zero-order valence-corrected chi connectivity index (χ0v) is 14.8. The number of hydrogen-bond donors (Lipinski definition) is 1. The van der Waals surface area contributed by atoms with Crippen LogP contribution in [0.2, 0.25) is 5.02 Å². The molecule has 0 saturated carbocycles. The van der Waals surface area contributed by atoms with E-state index in [9.17, 15) is 18.0 Å². The fourth-order valence-corrected chi connectivity index (χ4v) is 2.74. The van der Waals surface area contributed by atoms with Gasteiger partial charge < -0.3 is 10.1 Å². The largest absolute Gasteiger partial charge is 0.417 e. The summed E-state index contributed by atoms with van der Waals surface area (Å²) in [4.78, 5) is 16.0. The number of rotatable bonds is 5. The number of aromatic nitrogens is 3. The lowest BCUT2D eigenvalue weighted by molar-refractivity contribution is -0.137. The van der Waals surface area contributed by atoms with E-state index in [1.54, 1.807) is 0 Å². The summed E-state index contributed by atoms with van der Waals surface area (Å²) < 4.78 is 43.9. The fourth-order valence-electron chi connectivity index (χ4n) is 2.55. The first-order valence-corrected chi connectivity index (χ1v) is 8.55. The third kappa shape index (κ3) is 4.67. The van der Waals surface area contributed by atoms with Crippen LogP contribution in [0.15, 0.2) is 41.0 Å². The third-order valence-electron chi connectivity index (χ3n) is 4.03. The number of alkyl halides is 3. The highest BCUT2D eigenvalue weighted by Crippen LogP contribution is 2.28. The second kappa shape index (κ2) is 8.10. The molecule has 1 aliphatic heterocycles. The van der Waals surface area contributed by atoms with Crippen molar-refractivity contribution in [1.29, 1.82) is 0 Å². The van der Waals surface area contributed by atoms with Gasteiger partial charge in [-0.15, -0.1) is 0 Å². The van der Waals surface area contributed by atoms with E-state index in [1.807, 2.05) is 6.08 Å². The zero-order valence-electron chi connectivity index (χ0n) is 14.1. The number of halogens is 4. The summed E-state index contributed by atoms with van der Waals surface area (Å²) in [6, 6.07) is 1.90. The van der Waals surface area contributed by atoms with Crippen molar-refractivity contribution in [3.05, 3.63) is 57.1 Å². The Hall–Kier alpha value is -2.39. The Morgan fingerprint density at radius 1 is 1.30 bits per heavy atom. The van der Waals surface area contributed by atoms with Crippen LogP contribution in [0.25, 0.3) is 5.82 Å². The molecule has 0 fully saturated rings. The minimum Gasteiger partial charge on any atom is -0.382 e. The Morgan fingerprint density at radius 3 is 2.74 bits per heavy atom. The summed E-state index contributed by atoms with van der Waals surface area (Å²) in [7, 11) is 0.